The van der Waals surface area contributed by atoms with E-state index >= 15 is 0 Å². The van der Waals surface area contributed by atoms with Crippen molar-refractivity contribution in [3.63, 3.8) is 0 Å². The van der Waals surface area contributed by atoms with Crippen LogP contribution in [0.1, 0.15) is 73.9 Å². The maximum Gasteiger partial charge on any atom is 0.283 e. The summed E-state index contributed by atoms with van der Waals surface area (Å²) < 4.78 is 33.7. The van der Waals surface area contributed by atoms with E-state index in [4.69, 9.17) is 4.74 Å². The van der Waals surface area contributed by atoms with E-state index in [1.54, 1.807) is 43.7 Å². The van der Waals surface area contributed by atoms with Crippen molar-refractivity contribution in [1.29, 1.82) is 0 Å². The summed E-state index contributed by atoms with van der Waals surface area (Å²) in [5.74, 6) is 4.74. The first-order valence-corrected chi connectivity index (χ1v) is 27.0. The first-order valence-electron chi connectivity index (χ1n) is 23.6. The lowest BCUT2D eigenvalue weighted by Gasteiger charge is -2.49. The molecule has 3 fully saturated rings. The Balaban J connectivity index is 0.876. The minimum absolute atomic E-state index is 0.202. The summed E-state index contributed by atoms with van der Waals surface area (Å²) in [7, 11) is -1.07. The molecule has 70 heavy (non-hydrogen) atoms. The third kappa shape index (κ3) is 11.2. The Morgan fingerprint density at radius 3 is 2.44 bits per heavy atom. The van der Waals surface area contributed by atoms with Crippen molar-refractivity contribution in [3.8, 4) is 17.6 Å². The van der Waals surface area contributed by atoms with E-state index in [-0.39, 0.29) is 24.2 Å². The van der Waals surface area contributed by atoms with Crippen LogP contribution in [0, 0.1) is 11.8 Å². The van der Waals surface area contributed by atoms with Crippen molar-refractivity contribution in [2.45, 2.75) is 83.1 Å². The van der Waals surface area contributed by atoms with Gasteiger partial charge in [0.05, 0.1) is 34.3 Å². The van der Waals surface area contributed by atoms with Gasteiger partial charge in [0.25, 0.3) is 11.8 Å². The molecule has 0 bridgehead atoms. The predicted octanol–water partition coefficient (Wildman–Crippen LogP) is 7.36. The van der Waals surface area contributed by atoms with Crippen LogP contribution in [-0.2, 0) is 25.5 Å². The van der Waals surface area contributed by atoms with E-state index in [1.807, 2.05) is 42.5 Å². The number of nitrogens with one attached hydrogen (secondary N) is 4. The van der Waals surface area contributed by atoms with Crippen molar-refractivity contribution in [2.24, 2.45) is 0 Å². The monoisotopic (exact) mass is 1040 g/mol. The number of amides is 4. The summed E-state index contributed by atoms with van der Waals surface area (Å²) in [5, 5.41) is 12.2. The number of piperidine rings is 2. The van der Waals surface area contributed by atoms with Gasteiger partial charge < -0.3 is 35.1 Å². The molecule has 0 saturated carbocycles. The lowest BCUT2D eigenvalue weighted by molar-refractivity contribution is -0.137. The number of piperazine rings is 1. The van der Waals surface area contributed by atoms with Crippen molar-refractivity contribution >= 4 is 86.5 Å². The van der Waals surface area contributed by atoms with Crippen LogP contribution in [0.2, 0.25) is 0 Å². The highest BCUT2D eigenvalue weighted by Gasteiger charge is 2.40. The maximum atomic E-state index is 14.2. The van der Waals surface area contributed by atoms with Gasteiger partial charge in [-0.1, -0.05) is 36.6 Å². The molecule has 0 spiro atoms. The number of halogens is 2. The Morgan fingerprint density at radius 1 is 1.00 bits per heavy atom. The molecule has 3 atom stereocenters. The van der Waals surface area contributed by atoms with Gasteiger partial charge in [-0.2, -0.15) is 4.98 Å². The lowest BCUT2D eigenvalue weighted by Crippen LogP contribution is -2.60. The molecule has 4 N–H and O–H groups in total. The Kier molecular flexibility index (Phi) is 15.4. The number of benzene rings is 3. The molecule has 3 saturated heterocycles. The summed E-state index contributed by atoms with van der Waals surface area (Å²) in [6, 6.07) is 16.8. The molecule has 3 aromatic carbocycles. The Bertz CT molecular complexity index is 2810. The van der Waals surface area contributed by atoms with Crippen LogP contribution in [0.3, 0.4) is 0 Å². The second-order valence-electron chi connectivity index (χ2n) is 18.7. The van der Waals surface area contributed by atoms with Gasteiger partial charge in [-0.3, -0.25) is 34.3 Å². The van der Waals surface area contributed by atoms with E-state index in [0.717, 1.165) is 50.0 Å². The third-order valence-corrected chi connectivity index (χ3v) is 15.6. The number of ether oxygens (including phenoxy) is 1. The van der Waals surface area contributed by atoms with Crippen LogP contribution in [0.25, 0.3) is 0 Å². The molecular formula is C51H59BrFN10O6P. The Morgan fingerprint density at radius 2 is 1.74 bits per heavy atom. The number of unbranched alkanes of at least 4 members (excludes halogenated alkanes) is 1. The topological polar surface area (TPSA) is 181 Å². The van der Waals surface area contributed by atoms with Crippen molar-refractivity contribution in [1.82, 2.24) is 30.0 Å². The van der Waals surface area contributed by atoms with Gasteiger partial charge in [0, 0.05) is 92.4 Å². The smallest absolute Gasteiger partial charge is 0.283 e. The molecular weight excluding hydrogens is 979 g/mol. The first-order chi connectivity index (χ1) is 33.5. The standard InChI is InChI=1S/C51H59BrFN10O6P/c1-31-28-61(29-32(2)62(31)22-11-7-8-13-34-14-12-15-36-37(34)30-63(50(36)67)42-18-19-46(64)58-49(42)66)35-20-23-60(24-21-35)43-26-44(69-4)41(25-40(43)56-48(65)33(3)53)57-51-54-27-38(52)47(59-51)55-39-16-9-10-17-45(39)70(5,6)68/h9-10,12,14-17,25-27,31-32,35,42H,3,7,11,18-24,28-30H2,1-2,4-6H3,(H,56,65)(H,58,64,66)(H2,54,55,57,59)/t31-,32+,42?. The zero-order valence-electron chi connectivity index (χ0n) is 40.1. The number of aromatic nitrogens is 2. The van der Waals surface area contributed by atoms with Gasteiger partial charge in [-0.05, 0) is 111 Å². The predicted molar refractivity (Wildman–Crippen MR) is 275 cm³/mol. The van der Waals surface area contributed by atoms with E-state index in [0.29, 0.717) is 100 Å². The molecule has 4 aliphatic rings. The molecule has 4 amide bonds. The number of nitrogens with zero attached hydrogens (tertiary/aromatic N) is 6. The minimum atomic E-state index is -2.62. The lowest BCUT2D eigenvalue weighted by atomic mass is 9.98. The maximum absolute atomic E-state index is 14.2. The molecule has 19 heteroatoms. The fourth-order valence-electron chi connectivity index (χ4n) is 10.0. The Hall–Kier alpha value is -6.12. The van der Waals surface area contributed by atoms with Crippen molar-refractivity contribution in [2.75, 3.05) is 74.0 Å². The molecule has 4 aromatic rings. The van der Waals surface area contributed by atoms with Crippen molar-refractivity contribution in [3.05, 3.63) is 94.4 Å². The van der Waals surface area contributed by atoms with Gasteiger partial charge in [-0.25, -0.2) is 9.37 Å². The molecule has 4 aliphatic heterocycles. The largest absolute Gasteiger partial charge is 0.494 e. The average Bonchev–Trinajstić information content (AvgIpc) is 3.66. The third-order valence-electron chi connectivity index (χ3n) is 13.5. The summed E-state index contributed by atoms with van der Waals surface area (Å²) in [6.07, 6.45) is 5.49. The highest BCUT2D eigenvalue weighted by atomic mass is 79.9. The van der Waals surface area contributed by atoms with Crippen LogP contribution >= 0.6 is 23.1 Å². The minimum Gasteiger partial charge on any atom is -0.494 e. The summed E-state index contributed by atoms with van der Waals surface area (Å²) in [4.78, 5) is 68.3. The second-order valence-corrected chi connectivity index (χ2v) is 22.7. The zero-order chi connectivity index (χ0) is 49.9. The number of para-hydroxylation sites is 1. The van der Waals surface area contributed by atoms with Crippen LogP contribution in [-0.4, -0.2) is 126 Å². The number of hydrogen-bond donors (Lipinski definition) is 4. The number of imide groups is 1. The molecule has 368 valence electrons. The number of rotatable bonds is 14. The zero-order valence-corrected chi connectivity index (χ0v) is 42.6. The normalized spacial score (nSPS) is 20.0. The molecule has 1 unspecified atom stereocenters. The molecule has 0 radical (unpaired) electrons. The molecule has 0 aliphatic carbocycles. The SMILES string of the molecule is C=C(F)C(=O)Nc1cc(Nc2ncc(Br)c(Nc3ccccc3P(C)(C)=O)n2)c(OC)cc1N1CCC(N2C[C@@H](C)N(CCCC#Cc3cccc4c3CN(C3CCC(=O)NC3=O)C4=O)[C@@H](C)C2)CC1. The number of anilines is 6. The number of hydrogen-bond acceptors (Lipinski definition) is 13. The first kappa shape index (κ1) is 50.3. The van der Waals surface area contributed by atoms with E-state index in [2.05, 4.69) is 94.1 Å². The second kappa shape index (κ2) is 21.5. The number of fused-ring (bicyclic) bond motifs is 1. The van der Waals surface area contributed by atoms with Crippen LogP contribution < -0.4 is 36.2 Å². The van der Waals surface area contributed by atoms with Crippen LogP contribution in [0.4, 0.5) is 38.9 Å². The molecule has 5 heterocycles. The summed E-state index contributed by atoms with van der Waals surface area (Å²) >= 11 is 3.52. The molecule has 16 nitrogen and oxygen atoms in total. The Labute approximate surface area is 416 Å². The van der Waals surface area contributed by atoms with Gasteiger partial charge in [-0.15, -0.1) is 0 Å². The quantitative estimate of drug-likeness (QED) is 0.0324. The average molecular weight is 1040 g/mol. The molecule has 8 rings (SSSR count). The van der Waals surface area contributed by atoms with Gasteiger partial charge in [0.2, 0.25) is 17.8 Å². The van der Waals surface area contributed by atoms with Gasteiger partial charge in [0.1, 0.15) is 24.8 Å². The van der Waals surface area contributed by atoms with Crippen molar-refractivity contribution < 1.29 is 32.9 Å². The summed E-state index contributed by atoms with van der Waals surface area (Å²) in [6.45, 7) is 15.7. The fraction of sp³-hybridized carbons (Fsp3) is 0.412. The summed E-state index contributed by atoms with van der Waals surface area (Å²) in [5.41, 5.74) is 4.34. The number of carbonyl (C=O) groups is 4. The van der Waals surface area contributed by atoms with Crippen LogP contribution in [0.5, 0.6) is 5.75 Å². The van der Waals surface area contributed by atoms with Gasteiger partial charge >= 0.3 is 0 Å². The van der Waals surface area contributed by atoms with E-state index in [9.17, 15) is 28.1 Å². The highest BCUT2D eigenvalue weighted by molar-refractivity contribution is 9.10. The highest BCUT2D eigenvalue weighted by Crippen LogP contribution is 2.42. The van der Waals surface area contributed by atoms with Gasteiger partial charge in [0.15, 0.2) is 5.83 Å². The van der Waals surface area contributed by atoms with Crippen LogP contribution in [0.15, 0.2) is 77.7 Å². The van der Waals surface area contributed by atoms with E-state index < -0.39 is 30.8 Å². The number of methoxy groups -OCH3 is 1. The number of carbonyl (C=O) groups excluding carboxylic acids is 4. The molecule has 1 aromatic heterocycles. The fourth-order valence-corrected chi connectivity index (χ4v) is 11.5. The van der Waals surface area contributed by atoms with E-state index in [1.165, 1.54) is 0 Å².